The molecule has 4 unspecified atom stereocenters. The van der Waals surface area contributed by atoms with Crippen molar-refractivity contribution in [2.75, 3.05) is 20.2 Å². The van der Waals surface area contributed by atoms with Crippen molar-refractivity contribution in [3.63, 3.8) is 0 Å². The summed E-state index contributed by atoms with van der Waals surface area (Å²) in [5.74, 6) is -2.60. The summed E-state index contributed by atoms with van der Waals surface area (Å²) in [6.45, 7) is 6.78. The zero-order valence-electron chi connectivity index (χ0n) is 28.9. The van der Waals surface area contributed by atoms with Gasteiger partial charge in [-0.05, 0) is 68.7 Å². The van der Waals surface area contributed by atoms with Crippen LogP contribution in [0, 0.1) is 5.92 Å². The molecule has 5 rings (SSSR count). The summed E-state index contributed by atoms with van der Waals surface area (Å²) in [5, 5.41) is 15.8. The van der Waals surface area contributed by atoms with E-state index >= 15 is 0 Å². The van der Waals surface area contributed by atoms with E-state index < -0.39 is 59.7 Å². The number of hydrogen-bond donors (Lipinski definition) is 3. The number of ether oxygens (including phenoxy) is 2. The first-order valence-corrected chi connectivity index (χ1v) is 17.2. The van der Waals surface area contributed by atoms with Gasteiger partial charge in [-0.1, -0.05) is 67.8 Å². The molecule has 12 nitrogen and oxygen atoms in total. The Balaban J connectivity index is 1.25. The van der Waals surface area contributed by atoms with Crippen molar-refractivity contribution in [1.29, 1.82) is 0 Å². The fraction of sp³-hybridized carbons (Fsp3) is 0.541. The first-order chi connectivity index (χ1) is 23.2. The molecule has 12 heteroatoms. The number of rotatable bonds is 9. The van der Waals surface area contributed by atoms with Crippen LogP contribution in [-0.2, 0) is 23.9 Å². The van der Waals surface area contributed by atoms with Gasteiger partial charge in [-0.25, -0.2) is 14.4 Å². The number of benzene rings is 2. The third-order valence-corrected chi connectivity index (χ3v) is 9.86. The maximum absolute atomic E-state index is 14.2. The number of nitrogens with zero attached hydrogens (tertiary/aromatic N) is 2. The van der Waals surface area contributed by atoms with Crippen molar-refractivity contribution >= 4 is 30.0 Å². The van der Waals surface area contributed by atoms with Gasteiger partial charge in [0.1, 0.15) is 30.3 Å². The van der Waals surface area contributed by atoms with Crippen LogP contribution >= 0.6 is 0 Å². The first-order valence-electron chi connectivity index (χ1n) is 17.2. The lowest BCUT2D eigenvalue weighted by molar-refractivity contribution is -0.150. The molecule has 4 atom stereocenters. The van der Waals surface area contributed by atoms with Crippen LogP contribution in [-0.4, -0.2) is 94.8 Å². The minimum Gasteiger partial charge on any atom is -0.480 e. The van der Waals surface area contributed by atoms with Crippen LogP contribution in [0.5, 0.6) is 0 Å². The van der Waals surface area contributed by atoms with E-state index in [0.29, 0.717) is 12.8 Å². The van der Waals surface area contributed by atoms with E-state index in [9.17, 15) is 29.1 Å². The van der Waals surface area contributed by atoms with Crippen molar-refractivity contribution in [3.05, 3.63) is 59.7 Å². The van der Waals surface area contributed by atoms with Gasteiger partial charge in [0.2, 0.25) is 11.8 Å². The molecule has 0 spiro atoms. The monoisotopic (exact) mass is 676 g/mol. The highest BCUT2D eigenvalue weighted by Gasteiger charge is 2.45. The van der Waals surface area contributed by atoms with Crippen LogP contribution in [0.15, 0.2) is 48.5 Å². The van der Waals surface area contributed by atoms with Crippen molar-refractivity contribution < 1.29 is 38.6 Å². The van der Waals surface area contributed by atoms with Crippen LogP contribution in [0.1, 0.15) is 83.3 Å². The molecule has 0 aromatic heterocycles. The van der Waals surface area contributed by atoms with Crippen molar-refractivity contribution in [1.82, 2.24) is 20.4 Å². The Morgan fingerprint density at radius 3 is 2.12 bits per heavy atom. The van der Waals surface area contributed by atoms with Crippen LogP contribution < -0.4 is 10.6 Å². The highest BCUT2D eigenvalue weighted by molar-refractivity contribution is 5.93. The SMILES string of the molecule is CC(C(=O)NC(C(=O)N1CC(NC(=O)OCC2c3ccccc3-c3ccccc32)CC1C(=O)O)C1CCCCC1)N(C)C(=O)OC(C)(C)C. The minimum absolute atomic E-state index is 0.00557. The standard InChI is InChI=1S/C37H48N4O8/c1-22(40(5)36(47)49-37(2,3)4)32(42)39-31(23-13-7-6-8-14-23)33(43)41-20-24(19-30(41)34(44)45)38-35(46)48-21-29-27-17-11-9-15-25(27)26-16-10-12-18-28(26)29/h9-12,15-18,22-24,29-31H,6-8,13-14,19-21H2,1-5H3,(H,38,46)(H,39,42)(H,44,45). The van der Waals surface area contributed by atoms with Gasteiger partial charge >= 0.3 is 18.2 Å². The third kappa shape index (κ3) is 8.17. The topological polar surface area (TPSA) is 155 Å². The Kier molecular flexibility index (Phi) is 10.8. The number of alkyl carbamates (subject to hydrolysis) is 1. The summed E-state index contributed by atoms with van der Waals surface area (Å²) in [6, 6.07) is 12.2. The molecular weight excluding hydrogens is 628 g/mol. The number of likely N-dealkylation sites (N-methyl/N-ethyl adjacent to an activating group) is 1. The van der Waals surface area contributed by atoms with Crippen molar-refractivity contribution in [2.45, 2.75) is 102 Å². The molecule has 3 N–H and O–H groups in total. The fourth-order valence-corrected chi connectivity index (χ4v) is 7.19. The van der Waals surface area contributed by atoms with E-state index in [0.717, 1.165) is 41.5 Å². The number of aliphatic carboxylic acids is 1. The largest absolute Gasteiger partial charge is 0.480 e. The molecule has 2 aliphatic carbocycles. The van der Waals surface area contributed by atoms with Gasteiger partial charge in [0, 0.05) is 25.9 Å². The van der Waals surface area contributed by atoms with Crippen LogP contribution in [0.4, 0.5) is 9.59 Å². The number of carbonyl (C=O) groups excluding carboxylic acids is 4. The number of amides is 4. The quantitative estimate of drug-likeness (QED) is 0.339. The molecule has 2 aromatic carbocycles. The number of carboxylic acids is 1. The van der Waals surface area contributed by atoms with Crippen LogP contribution in [0.25, 0.3) is 11.1 Å². The number of likely N-dealkylation sites (tertiary alicyclic amines) is 1. The molecule has 3 aliphatic rings. The lowest BCUT2D eigenvalue weighted by Crippen LogP contribution is -2.58. The smallest absolute Gasteiger partial charge is 0.410 e. The molecule has 1 saturated heterocycles. The summed E-state index contributed by atoms with van der Waals surface area (Å²) >= 11 is 0. The summed E-state index contributed by atoms with van der Waals surface area (Å²) in [7, 11) is 1.45. The Hall–Kier alpha value is -4.61. The summed E-state index contributed by atoms with van der Waals surface area (Å²) in [6.07, 6.45) is 2.79. The average molecular weight is 677 g/mol. The molecular formula is C37H48N4O8. The lowest BCUT2D eigenvalue weighted by Gasteiger charge is -2.35. The molecule has 49 heavy (non-hydrogen) atoms. The Morgan fingerprint density at radius 2 is 1.55 bits per heavy atom. The van der Waals surface area contributed by atoms with Crippen LogP contribution in [0.3, 0.4) is 0 Å². The first kappa shape index (κ1) is 35.7. The second-order valence-corrected chi connectivity index (χ2v) is 14.4. The number of carbonyl (C=O) groups is 5. The van der Waals surface area contributed by atoms with Crippen molar-refractivity contribution in [3.8, 4) is 11.1 Å². The van der Waals surface area contributed by atoms with E-state index in [2.05, 4.69) is 10.6 Å². The predicted octanol–water partition coefficient (Wildman–Crippen LogP) is 4.90. The highest BCUT2D eigenvalue weighted by atomic mass is 16.6. The maximum atomic E-state index is 14.2. The molecule has 264 valence electrons. The lowest BCUT2D eigenvalue weighted by atomic mass is 9.83. The molecule has 1 heterocycles. The maximum Gasteiger partial charge on any atom is 0.410 e. The van der Waals surface area contributed by atoms with Gasteiger partial charge in [0.05, 0.1) is 6.04 Å². The number of carboxylic acid groups (broad SMARTS) is 1. The van der Waals surface area contributed by atoms with Gasteiger partial charge < -0.3 is 30.1 Å². The van der Waals surface area contributed by atoms with Gasteiger partial charge in [0.15, 0.2) is 0 Å². The molecule has 0 radical (unpaired) electrons. The normalized spacial score (nSPS) is 20.4. The second kappa shape index (κ2) is 14.9. The number of fused-ring (bicyclic) bond motifs is 3. The zero-order valence-corrected chi connectivity index (χ0v) is 28.9. The van der Waals surface area contributed by atoms with Gasteiger partial charge in [-0.3, -0.25) is 14.5 Å². The second-order valence-electron chi connectivity index (χ2n) is 14.4. The van der Waals surface area contributed by atoms with E-state index in [1.807, 2.05) is 48.5 Å². The highest BCUT2D eigenvalue weighted by Crippen LogP contribution is 2.44. The zero-order chi connectivity index (χ0) is 35.5. The number of nitrogens with one attached hydrogen (secondary N) is 2. The Bertz CT molecular complexity index is 1520. The minimum atomic E-state index is -1.20. The average Bonchev–Trinajstić information content (AvgIpc) is 3.64. The van der Waals surface area contributed by atoms with E-state index in [4.69, 9.17) is 9.47 Å². The van der Waals surface area contributed by atoms with E-state index in [-0.39, 0.29) is 31.4 Å². The van der Waals surface area contributed by atoms with Gasteiger partial charge in [-0.2, -0.15) is 0 Å². The van der Waals surface area contributed by atoms with E-state index in [1.54, 1.807) is 27.7 Å². The number of hydrogen-bond acceptors (Lipinski definition) is 7. The molecule has 2 fully saturated rings. The molecule has 0 bridgehead atoms. The summed E-state index contributed by atoms with van der Waals surface area (Å²) in [4.78, 5) is 68.2. The third-order valence-electron chi connectivity index (χ3n) is 9.86. The predicted molar refractivity (Wildman–Crippen MR) is 182 cm³/mol. The molecule has 1 saturated carbocycles. The van der Waals surface area contributed by atoms with Gasteiger partial charge in [-0.15, -0.1) is 0 Å². The summed E-state index contributed by atoms with van der Waals surface area (Å²) in [5.41, 5.74) is 3.59. The fourth-order valence-electron chi connectivity index (χ4n) is 7.19. The van der Waals surface area contributed by atoms with Gasteiger partial charge in [0.25, 0.3) is 0 Å². The molecule has 2 aromatic rings. The summed E-state index contributed by atoms with van der Waals surface area (Å²) < 4.78 is 11.1. The van der Waals surface area contributed by atoms with E-state index in [1.165, 1.54) is 16.8 Å². The Labute approximate surface area is 287 Å². The van der Waals surface area contributed by atoms with Crippen molar-refractivity contribution in [2.24, 2.45) is 5.92 Å². The molecule has 1 aliphatic heterocycles. The Morgan fingerprint density at radius 1 is 0.959 bits per heavy atom. The molecule has 4 amide bonds. The van der Waals surface area contributed by atoms with Crippen LogP contribution in [0.2, 0.25) is 0 Å².